The van der Waals surface area contributed by atoms with Crippen LogP contribution in [-0.2, 0) is 44.1 Å². The van der Waals surface area contributed by atoms with Gasteiger partial charge in [-0.05, 0) is 91.5 Å². The minimum absolute atomic E-state index is 0.0147. The van der Waals surface area contributed by atoms with Crippen LogP contribution in [0.4, 0.5) is 28.4 Å². The van der Waals surface area contributed by atoms with Gasteiger partial charge in [-0.2, -0.15) is 0 Å². The van der Waals surface area contributed by atoms with E-state index in [1.807, 2.05) is 105 Å². The minimum atomic E-state index is -2.89. The number of amides is 3. The molecule has 2 N–H and O–H groups in total. The molecule has 4 atom stereocenters. The van der Waals surface area contributed by atoms with Gasteiger partial charge in [0.25, 0.3) is 5.91 Å². The van der Waals surface area contributed by atoms with Gasteiger partial charge in [0.2, 0.25) is 11.8 Å². The molecule has 0 bridgehead atoms. The molecule has 9 nitrogen and oxygen atoms in total. The van der Waals surface area contributed by atoms with Gasteiger partial charge in [0.15, 0.2) is 13.9 Å². The van der Waals surface area contributed by atoms with Gasteiger partial charge in [-0.1, -0.05) is 55.5 Å². The highest BCUT2D eigenvalue weighted by Crippen LogP contribution is 2.60. The molecule has 8 rings (SSSR count). The lowest BCUT2D eigenvalue weighted by Gasteiger charge is -2.33. The van der Waals surface area contributed by atoms with E-state index in [0.29, 0.717) is 42.6 Å². The summed E-state index contributed by atoms with van der Waals surface area (Å²) in [6.07, 6.45) is 2.00. The Hall–Kier alpha value is -4.61. The fraction of sp³-hybridized carbons (Fsp3) is 0.341. The fourth-order valence-electron chi connectivity index (χ4n) is 9.11. The Balaban J connectivity index is 1.20. The summed E-state index contributed by atoms with van der Waals surface area (Å²) >= 11 is 0. The number of carbonyl (C=O) groups is 3. The van der Waals surface area contributed by atoms with Crippen LogP contribution in [0.25, 0.3) is 0 Å². The molecule has 1 spiro atoms. The summed E-state index contributed by atoms with van der Waals surface area (Å²) < 4.78 is 6.87. The summed E-state index contributed by atoms with van der Waals surface area (Å²) in [4.78, 5) is 58.4. The third-order valence-corrected chi connectivity index (χ3v) is 13.9. The largest absolute Gasteiger partial charge is 0.432 e. The number of para-hydroxylation sites is 2. The van der Waals surface area contributed by atoms with E-state index in [1.54, 1.807) is 14.7 Å². The summed E-state index contributed by atoms with van der Waals surface area (Å²) in [6.45, 7) is 5.84. The molecule has 10 heteroatoms. The molecule has 4 aliphatic rings. The van der Waals surface area contributed by atoms with Gasteiger partial charge >= 0.3 is 0 Å². The molecular formula is C41H43N3O6Si. The SMILES string of the molecule is C[C@H]1[C@H]([Si](C)(C)O)[C@@H](CCO)O[C@]12C(=O)N(Cc1ccc(N3C(=O)CCc4ccccc43)cc1)c1ccc(N3C(=O)CCc4ccccc43)cc12. The zero-order valence-electron chi connectivity index (χ0n) is 29.2. The number of carbonyl (C=O) groups excluding carboxylic acids is 3. The van der Waals surface area contributed by atoms with Crippen LogP contribution in [0.15, 0.2) is 91.0 Å². The number of aryl methyl sites for hydroxylation is 2. The van der Waals surface area contributed by atoms with Gasteiger partial charge in [-0.25, -0.2) is 0 Å². The van der Waals surface area contributed by atoms with E-state index in [0.717, 1.165) is 40.2 Å². The molecule has 4 aromatic rings. The van der Waals surface area contributed by atoms with Crippen molar-refractivity contribution < 1.29 is 29.0 Å². The number of rotatable bonds is 7. The van der Waals surface area contributed by atoms with Crippen molar-refractivity contribution in [1.29, 1.82) is 0 Å². The monoisotopic (exact) mass is 701 g/mol. The first-order valence-corrected chi connectivity index (χ1v) is 20.9. The highest BCUT2D eigenvalue weighted by Gasteiger charge is 2.66. The van der Waals surface area contributed by atoms with Crippen molar-refractivity contribution in [1.82, 2.24) is 0 Å². The Labute approximate surface area is 299 Å². The highest BCUT2D eigenvalue weighted by atomic mass is 28.4. The van der Waals surface area contributed by atoms with Crippen LogP contribution in [0, 0.1) is 5.92 Å². The fourth-order valence-corrected chi connectivity index (χ4v) is 11.7. The van der Waals surface area contributed by atoms with Gasteiger partial charge in [0.05, 0.1) is 29.7 Å². The van der Waals surface area contributed by atoms with Crippen molar-refractivity contribution in [2.75, 3.05) is 21.3 Å². The molecule has 3 amide bonds. The van der Waals surface area contributed by atoms with Crippen LogP contribution in [0.2, 0.25) is 18.6 Å². The molecular weight excluding hydrogens is 659 g/mol. The second kappa shape index (κ2) is 12.6. The molecule has 51 heavy (non-hydrogen) atoms. The Morgan fingerprint density at radius 3 is 1.92 bits per heavy atom. The normalized spacial score (nSPS) is 24.3. The average molecular weight is 702 g/mol. The topological polar surface area (TPSA) is 111 Å². The Morgan fingerprint density at radius 2 is 1.33 bits per heavy atom. The third kappa shape index (κ3) is 5.35. The van der Waals surface area contributed by atoms with E-state index in [4.69, 9.17) is 4.74 Å². The number of aliphatic hydroxyl groups excluding tert-OH is 1. The number of hydrogen-bond acceptors (Lipinski definition) is 6. The van der Waals surface area contributed by atoms with E-state index in [2.05, 4.69) is 6.07 Å². The number of ether oxygens (including phenoxy) is 1. The van der Waals surface area contributed by atoms with E-state index in [-0.39, 0.29) is 36.4 Å². The van der Waals surface area contributed by atoms with Crippen LogP contribution >= 0.6 is 0 Å². The second-order valence-corrected chi connectivity index (χ2v) is 18.8. The molecule has 4 aliphatic heterocycles. The number of anilines is 5. The third-order valence-electron chi connectivity index (χ3n) is 11.4. The standard InChI is InChI=1S/C41H43N3O6Si/c1-26-39(51(2,3)49)36(22-23-45)50-41(26)32-24-31(44-34-11-7-5-9-29(34)15-21-38(44)47)18-19-35(32)42(40(41)48)25-27-12-16-30(17-13-27)43-33-10-6-4-8-28(33)14-20-37(43)46/h4-13,16-19,24,26,36,39,45,49H,14-15,20-23,25H2,1-3H3/t26-,36+,39-,41+/m0/s1. The van der Waals surface area contributed by atoms with Crippen molar-refractivity contribution in [3.63, 3.8) is 0 Å². The number of fused-ring (bicyclic) bond motifs is 4. The molecule has 4 aromatic carbocycles. The summed E-state index contributed by atoms with van der Waals surface area (Å²) in [5, 5.41) is 10.0. The van der Waals surface area contributed by atoms with Crippen molar-refractivity contribution in [3.05, 3.63) is 113 Å². The number of benzene rings is 4. The molecule has 0 radical (unpaired) electrons. The van der Waals surface area contributed by atoms with E-state index in [1.165, 1.54) is 0 Å². The van der Waals surface area contributed by atoms with Crippen LogP contribution < -0.4 is 14.7 Å². The predicted octanol–water partition coefficient (Wildman–Crippen LogP) is 6.64. The molecule has 262 valence electrons. The highest BCUT2D eigenvalue weighted by molar-refractivity contribution is 6.71. The van der Waals surface area contributed by atoms with Crippen LogP contribution in [0.1, 0.15) is 48.4 Å². The number of aliphatic hydroxyl groups is 1. The molecule has 4 heterocycles. The van der Waals surface area contributed by atoms with Crippen molar-refractivity contribution in [2.45, 2.75) is 75.9 Å². The smallest absolute Gasteiger partial charge is 0.264 e. The first-order valence-electron chi connectivity index (χ1n) is 17.9. The zero-order valence-corrected chi connectivity index (χ0v) is 30.2. The predicted molar refractivity (Wildman–Crippen MR) is 199 cm³/mol. The van der Waals surface area contributed by atoms with Crippen molar-refractivity contribution in [3.8, 4) is 0 Å². The van der Waals surface area contributed by atoms with Gasteiger partial charge in [0.1, 0.15) is 0 Å². The Kier molecular flexibility index (Phi) is 8.25. The lowest BCUT2D eigenvalue weighted by molar-refractivity contribution is -0.146. The van der Waals surface area contributed by atoms with Gasteiger partial charge in [-0.15, -0.1) is 0 Å². The molecule has 0 aromatic heterocycles. The summed E-state index contributed by atoms with van der Waals surface area (Å²) in [7, 11) is -2.89. The minimum Gasteiger partial charge on any atom is -0.432 e. The molecule has 1 fully saturated rings. The van der Waals surface area contributed by atoms with Crippen LogP contribution in [0.5, 0.6) is 0 Å². The quantitative estimate of drug-likeness (QED) is 0.209. The number of nitrogens with zero attached hydrogens (tertiary/aromatic N) is 3. The van der Waals surface area contributed by atoms with E-state index in [9.17, 15) is 19.5 Å². The molecule has 0 saturated carbocycles. The van der Waals surface area contributed by atoms with Gasteiger partial charge in [-0.3, -0.25) is 24.2 Å². The summed E-state index contributed by atoms with van der Waals surface area (Å²) in [6, 6.07) is 29.4. The maximum atomic E-state index is 15.0. The molecule has 0 aliphatic carbocycles. The van der Waals surface area contributed by atoms with Crippen molar-refractivity contribution >= 4 is 54.5 Å². The Bertz CT molecular complexity index is 2040. The first-order chi connectivity index (χ1) is 24.5. The van der Waals surface area contributed by atoms with Crippen molar-refractivity contribution in [2.24, 2.45) is 5.92 Å². The van der Waals surface area contributed by atoms with Crippen LogP contribution in [-0.4, -0.2) is 48.7 Å². The maximum absolute atomic E-state index is 15.0. The van der Waals surface area contributed by atoms with Crippen LogP contribution in [0.3, 0.4) is 0 Å². The maximum Gasteiger partial charge on any atom is 0.264 e. The lowest BCUT2D eigenvalue weighted by Crippen LogP contribution is -2.46. The number of hydrogen-bond donors (Lipinski definition) is 2. The molecule has 0 unspecified atom stereocenters. The van der Waals surface area contributed by atoms with Gasteiger partial charge < -0.3 is 19.5 Å². The Morgan fingerprint density at radius 1 is 0.765 bits per heavy atom. The average Bonchev–Trinajstić information content (AvgIpc) is 3.54. The molecule has 1 saturated heterocycles. The van der Waals surface area contributed by atoms with Gasteiger partial charge in [0, 0.05) is 47.8 Å². The first kappa shape index (κ1) is 33.5. The summed E-state index contributed by atoms with van der Waals surface area (Å²) in [5.41, 5.74) is 5.90. The van der Waals surface area contributed by atoms with E-state index >= 15 is 4.79 Å². The van der Waals surface area contributed by atoms with E-state index < -0.39 is 25.9 Å². The summed E-state index contributed by atoms with van der Waals surface area (Å²) in [5.74, 6) is -0.587. The second-order valence-electron chi connectivity index (χ2n) is 14.8. The lowest BCUT2D eigenvalue weighted by atomic mass is 9.82. The zero-order chi connectivity index (χ0) is 35.7.